The van der Waals surface area contributed by atoms with E-state index in [0.29, 0.717) is 0 Å². The van der Waals surface area contributed by atoms with E-state index in [2.05, 4.69) is 0 Å². The third-order valence-corrected chi connectivity index (χ3v) is 0. The Bertz CT molecular complexity index is 13.5. The van der Waals surface area contributed by atoms with Gasteiger partial charge in [-0.05, 0) is 0 Å². The molecule has 4 heavy (non-hydrogen) atoms. The van der Waals surface area contributed by atoms with Crippen molar-refractivity contribution in [2.75, 3.05) is 0 Å². The van der Waals surface area contributed by atoms with Crippen LogP contribution in [-0.2, 0) is 52.7 Å². The summed E-state index contributed by atoms with van der Waals surface area (Å²) in [5.74, 6) is 0. The topological polar surface area (TPSA) is 0 Å². The first-order chi connectivity index (χ1) is 0. The Balaban J connectivity index is 0. The van der Waals surface area contributed by atoms with Gasteiger partial charge in [-0.25, -0.2) is 0 Å². The van der Waals surface area contributed by atoms with Gasteiger partial charge < -0.3 is 2.85 Å². The summed E-state index contributed by atoms with van der Waals surface area (Å²) >= 11 is 0. The average Bonchev–Trinajstić information content (AvgIpc) is 0. The predicted molar refractivity (Wildman–Crippen MR) is 7.98 cm³/mol. The van der Waals surface area contributed by atoms with Crippen molar-refractivity contribution in [3.8, 4) is 0 Å². The minimum absolute atomic E-state index is 0. The van der Waals surface area contributed by atoms with Crippen LogP contribution in [0.25, 0.3) is 0 Å². The molecule has 2 radical (unpaired) electrons. The summed E-state index contributed by atoms with van der Waals surface area (Å²) in [4.78, 5) is 0. The molecular formula is H2FeMgMnV. The van der Waals surface area contributed by atoms with Crippen molar-refractivity contribution in [1.82, 2.24) is 0 Å². The second-order valence-corrected chi connectivity index (χ2v) is 0. The molecule has 4 heteroatoms. The third-order valence-electron chi connectivity index (χ3n) is 0. The van der Waals surface area contributed by atoms with Gasteiger partial charge in [0.1, 0.15) is 0 Å². The van der Waals surface area contributed by atoms with E-state index in [4.69, 9.17) is 0 Å². The zero-order chi connectivity index (χ0) is 0. The molecule has 0 aromatic rings. The quantitative estimate of drug-likeness (QED) is 0.463. The van der Waals surface area contributed by atoms with E-state index < -0.39 is 0 Å². The number of hydrogen-bond donors (Lipinski definition) is 0. The summed E-state index contributed by atoms with van der Waals surface area (Å²) in [5, 5.41) is 0. The Kier molecular flexibility index (Phi) is 148. The fraction of sp³-hybridized carbons (Fsp3) is 0. The molecule has 0 spiro atoms. The molecule has 0 nitrogen and oxygen atoms in total. The second-order valence-electron chi connectivity index (χ2n) is 0. The van der Waals surface area contributed by atoms with Crippen LogP contribution in [0.1, 0.15) is 2.85 Å². The van der Waals surface area contributed by atoms with E-state index in [1.807, 2.05) is 0 Å². The van der Waals surface area contributed by atoms with Gasteiger partial charge in [-0.3, -0.25) is 0 Å². The van der Waals surface area contributed by atoms with E-state index in [1.54, 1.807) is 0 Å². The molecule has 0 amide bonds. The van der Waals surface area contributed by atoms with Crippen LogP contribution in [0.2, 0.25) is 0 Å². The van der Waals surface area contributed by atoms with Crippen LogP contribution in [0.5, 0.6) is 0 Å². The van der Waals surface area contributed by atoms with Gasteiger partial charge in [-0.15, -0.1) is 0 Å². The Morgan fingerprint density at radius 3 is 1.25 bits per heavy atom. The molecule has 0 atom stereocenters. The average molecular weight is 188 g/mol. The van der Waals surface area contributed by atoms with Crippen molar-refractivity contribution < 1.29 is 55.5 Å². The van der Waals surface area contributed by atoms with E-state index >= 15 is 0 Å². The fourth-order valence-electron chi connectivity index (χ4n) is 0. The van der Waals surface area contributed by atoms with Gasteiger partial charge in [0, 0.05) is 52.7 Å². The maximum absolute atomic E-state index is 0. The summed E-state index contributed by atoms with van der Waals surface area (Å²) in [6.07, 6.45) is 0. The molecule has 0 saturated carbocycles. The maximum Gasteiger partial charge on any atom is 2.00 e. The first-order valence-corrected chi connectivity index (χ1v) is 0. The monoisotopic (exact) mass is 188 g/mol. The first kappa shape index (κ1) is 32.5. The molecule has 0 aliphatic carbocycles. The van der Waals surface area contributed by atoms with Crippen LogP contribution in [0.4, 0.5) is 0 Å². The van der Waals surface area contributed by atoms with Crippen LogP contribution in [0.3, 0.4) is 0 Å². The molecule has 24 valence electrons. The second kappa shape index (κ2) is 18.2. The Morgan fingerprint density at radius 1 is 1.25 bits per heavy atom. The number of hydrogen-bond acceptors (Lipinski definition) is 0. The van der Waals surface area contributed by atoms with Crippen LogP contribution in [0.15, 0.2) is 0 Å². The fourth-order valence-corrected chi connectivity index (χ4v) is 0. The number of rotatable bonds is 0. The van der Waals surface area contributed by atoms with Crippen LogP contribution >= 0.6 is 0 Å². The van der Waals surface area contributed by atoms with Crippen LogP contribution in [-0.4, -0.2) is 23.1 Å². The Morgan fingerprint density at radius 2 is 1.25 bits per heavy atom. The van der Waals surface area contributed by atoms with Gasteiger partial charge in [0.15, 0.2) is 0 Å². The van der Waals surface area contributed by atoms with Gasteiger partial charge in [-0.1, -0.05) is 0 Å². The Hall–Kier alpha value is 2.39. The van der Waals surface area contributed by atoms with Crippen molar-refractivity contribution in [3.05, 3.63) is 0 Å². The third kappa shape index (κ3) is 8.83. The molecule has 0 aliphatic rings. The zero-order valence-corrected chi connectivity index (χ0v) is 6.98. The normalized spacial score (nSPS) is 0. The van der Waals surface area contributed by atoms with Gasteiger partial charge in [0.05, 0.1) is 0 Å². The SMILES string of the molecule is [Fe].[H-].[H-].[Mg+2].[Mn].[V]. The van der Waals surface area contributed by atoms with E-state index in [0.717, 1.165) is 0 Å². The van der Waals surface area contributed by atoms with E-state index in [-0.39, 0.29) is 78.6 Å². The molecule has 0 bridgehead atoms. The van der Waals surface area contributed by atoms with Crippen molar-refractivity contribution in [3.63, 3.8) is 0 Å². The molecular weight excluding hydrogens is 186 g/mol. The summed E-state index contributed by atoms with van der Waals surface area (Å²) in [6, 6.07) is 0. The maximum atomic E-state index is 0. The summed E-state index contributed by atoms with van der Waals surface area (Å²) < 4.78 is 0. The van der Waals surface area contributed by atoms with Crippen molar-refractivity contribution in [1.29, 1.82) is 0 Å². The largest absolute Gasteiger partial charge is 2.00 e. The minimum atomic E-state index is 0. The van der Waals surface area contributed by atoms with E-state index in [9.17, 15) is 0 Å². The summed E-state index contributed by atoms with van der Waals surface area (Å²) in [6.45, 7) is 0. The van der Waals surface area contributed by atoms with Crippen molar-refractivity contribution in [2.45, 2.75) is 0 Å². The summed E-state index contributed by atoms with van der Waals surface area (Å²) in [5.41, 5.74) is 0. The Labute approximate surface area is 77.8 Å². The molecule has 0 N–H and O–H groups in total. The molecule has 0 heterocycles. The van der Waals surface area contributed by atoms with Gasteiger partial charge >= 0.3 is 23.1 Å². The minimum Gasteiger partial charge on any atom is -1.00 e. The van der Waals surface area contributed by atoms with E-state index in [1.165, 1.54) is 0 Å². The molecule has 0 aromatic heterocycles. The van der Waals surface area contributed by atoms with Gasteiger partial charge in [-0.2, -0.15) is 0 Å². The van der Waals surface area contributed by atoms with Crippen molar-refractivity contribution in [2.24, 2.45) is 0 Å². The molecule has 0 rings (SSSR count). The zero-order valence-electron chi connectivity index (χ0n) is 3.89. The van der Waals surface area contributed by atoms with Crippen LogP contribution in [0, 0.1) is 0 Å². The summed E-state index contributed by atoms with van der Waals surface area (Å²) in [7, 11) is 0. The smallest absolute Gasteiger partial charge is 1.00 e. The molecule has 0 aliphatic heterocycles. The predicted octanol–water partition coefficient (Wildman–Crippen LogP) is -0.163. The van der Waals surface area contributed by atoms with Crippen molar-refractivity contribution >= 4 is 23.1 Å². The standard InChI is InChI=1S/Fe.Mg.Mn.V.2H/q;+2;;;2*-1. The van der Waals surface area contributed by atoms with Gasteiger partial charge in [0.25, 0.3) is 0 Å². The molecule has 0 unspecified atom stereocenters. The molecule has 0 fully saturated rings. The first-order valence-electron chi connectivity index (χ1n) is 0. The molecule has 0 saturated heterocycles. The van der Waals surface area contributed by atoms with Crippen LogP contribution < -0.4 is 0 Å². The molecule has 0 aromatic carbocycles. The van der Waals surface area contributed by atoms with Gasteiger partial charge in [0.2, 0.25) is 0 Å².